The van der Waals surface area contributed by atoms with Crippen LogP contribution in [0.4, 0.5) is 11.6 Å². The maximum Gasteiger partial charge on any atom is 0.270 e. The van der Waals surface area contributed by atoms with Gasteiger partial charge in [-0.2, -0.15) is 0 Å². The van der Waals surface area contributed by atoms with Crippen LogP contribution in [-0.4, -0.2) is 30.1 Å². The van der Waals surface area contributed by atoms with Gasteiger partial charge in [0.1, 0.15) is 17.2 Å². The monoisotopic (exact) mass is 378 g/mol. The smallest absolute Gasteiger partial charge is 0.270 e. The molecule has 144 valence electrons. The van der Waals surface area contributed by atoms with Crippen LogP contribution in [0.1, 0.15) is 21.6 Å². The van der Waals surface area contributed by atoms with Crippen molar-refractivity contribution in [2.75, 3.05) is 19.5 Å². The molecule has 0 saturated carbocycles. The van der Waals surface area contributed by atoms with Crippen LogP contribution in [0.2, 0.25) is 0 Å². The molecule has 1 heterocycles. The predicted octanol–water partition coefficient (Wildman–Crippen LogP) is 3.48. The molecular formula is C21H22N4O3. The van der Waals surface area contributed by atoms with E-state index in [9.17, 15) is 4.79 Å². The highest BCUT2D eigenvalue weighted by atomic mass is 16.5. The molecule has 2 N–H and O–H groups in total. The van der Waals surface area contributed by atoms with Crippen LogP contribution in [0.3, 0.4) is 0 Å². The molecule has 1 aromatic heterocycles. The summed E-state index contributed by atoms with van der Waals surface area (Å²) in [6, 6.07) is 14.9. The van der Waals surface area contributed by atoms with Gasteiger partial charge in [0, 0.05) is 18.8 Å². The number of aromatic nitrogens is 2. The van der Waals surface area contributed by atoms with Gasteiger partial charge in [-0.1, -0.05) is 29.8 Å². The highest BCUT2D eigenvalue weighted by molar-refractivity contribution is 5.92. The Morgan fingerprint density at radius 3 is 2.54 bits per heavy atom. The van der Waals surface area contributed by atoms with E-state index in [1.165, 1.54) is 11.8 Å². The second-order valence-corrected chi connectivity index (χ2v) is 6.12. The summed E-state index contributed by atoms with van der Waals surface area (Å²) < 4.78 is 10.5. The number of benzene rings is 2. The van der Waals surface area contributed by atoms with E-state index >= 15 is 0 Å². The van der Waals surface area contributed by atoms with Crippen molar-refractivity contribution in [2.45, 2.75) is 13.5 Å². The number of aryl methyl sites for hydroxylation is 1. The number of rotatable bonds is 7. The van der Waals surface area contributed by atoms with Crippen LogP contribution in [0.15, 0.2) is 54.7 Å². The van der Waals surface area contributed by atoms with Crippen LogP contribution in [-0.2, 0) is 6.54 Å². The Labute approximate surface area is 163 Å². The van der Waals surface area contributed by atoms with Crippen molar-refractivity contribution in [3.05, 3.63) is 71.5 Å². The molecule has 0 radical (unpaired) electrons. The molecule has 0 spiro atoms. The third-order valence-electron chi connectivity index (χ3n) is 4.12. The van der Waals surface area contributed by atoms with Gasteiger partial charge >= 0.3 is 0 Å². The average Bonchev–Trinajstić information content (AvgIpc) is 2.73. The maximum absolute atomic E-state index is 12.4. The van der Waals surface area contributed by atoms with Gasteiger partial charge in [0.15, 0.2) is 0 Å². The first-order chi connectivity index (χ1) is 13.6. The molecule has 7 heteroatoms. The zero-order valence-corrected chi connectivity index (χ0v) is 16.0. The topological polar surface area (TPSA) is 85.4 Å². The maximum atomic E-state index is 12.4. The second kappa shape index (κ2) is 8.85. The van der Waals surface area contributed by atoms with Gasteiger partial charge < -0.3 is 20.1 Å². The molecule has 2 aromatic carbocycles. The van der Waals surface area contributed by atoms with Crippen molar-refractivity contribution in [2.24, 2.45) is 0 Å². The van der Waals surface area contributed by atoms with E-state index in [2.05, 4.69) is 20.6 Å². The third kappa shape index (κ3) is 4.76. The van der Waals surface area contributed by atoms with Crippen molar-refractivity contribution in [1.82, 2.24) is 15.3 Å². The molecule has 0 bridgehead atoms. The normalized spacial score (nSPS) is 10.2. The van der Waals surface area contributed by atoms with Crippen molar-refractivity contribution >= 4 is 17.5 Å². The molecule has 0 saturated heterocycles. The molecule has 0 unspecified atom stereocenters. The highest BCUT2D eigenvalue weighted by Crippen LogP contribution is 2.30. The van der Waals surface area contributed by atoms with Gasteiger partial charge in [0.05, 0.1) is 19.9 Å². The van der Waals surface area contributed by atoms with E-state index in [0.29, 0.717) is 29.7 Å². The Morgan fingerprint density at radius 1 is 1.04 bits per heavy atom. The summed E-state index contributed by atoms with van der Waals surface area (Å²) in [5, 5.41) is 5.93. The molecule has 3 rings (SSSR count). The molecule has 0 aliphatic heterocycles. The zero-order chi connectivity index (χ0) is 19.9. The number of anilines is 2. The van der Waals surface area contributed by atoms with E-state index in [1.54, 1.807) is 38.5 Å². The molecular weight excluding hydrogens is 356 g/mol. The first kappa shape index (κ1) is 19.2. The second-order valence-electron chi connectivity index (χ2n) is 6.12. The Hall–Kier alpha value is -3.61. The van der Waals surface area contributed by atoms with E-state index in [-0.39, 0.29) is 11.6 Å². The highest BCUT2D eigenvalue weighted by Gasteiger charge is 2.11. The summed E-state index contributed by atoms with van der Waals surface area (Å²) in [6.07, 6.45) is 1.53. The van der Waals surface area contributed by atoms with E-state index < -0.39 is 0 Å². The van der Waals surface area contributed by atoms with Gasteiger partial charge in [0.2, 0.25) is 5.95 Å². The van der Waals surface area contributed by atoms with Gasteiger partial charge in [-0.25, -0.2) is 9.97 Å². The van der Waals surface area contributed by atoms with Crippen molar-refractivity contribution in [1.29, 1.82) is 0 Å². The molecule has 0 aliphatic rings. The number of carbonyl (C=O) groups is 1. The minimum Gasteiger partial charge on any atom is -0.497 e. The SMILES string of the molecule is COc1ccc(Nc2nccc(C(=O)NCc3ccc(C)cc3)n2)c(OC)c1. The first-order valence-corrected chi connectivity index (χ1v) is 8.75. The molecule has 0 aliphatic carbocycles. The summed E-state index contributed by atoms with van der Waals surface area (Å²) >= 11 is 0. The Bertz CT molecular complexity index is 958. The summed E-state index contributed by atoms with van der Waals surface area (Å²) in [5.74, 6) is 1.28. The number of ether oxygens (including phenoxy) is 2. The third-order valence-corrected chi connectivity index (χ3v) is 4.12. The number of nitrogens with zero attached hydrogens (tertiary/aromatic N) is 2. The lowest BCUT2D eigenvalue weighted by atomic mass is 10.1. The lowest BCUT2D eigenvalue weighted by Gasteiger charge is -2.12. The molecule has 0 atom stereocenters. The minimum atomic E-state index is -0.271. The Balaban J connectivity index is 1.69. The van der Waals surface area contributed by atoms with Gasteiger partial charge in [-0.05, 0) is 30.7 Å². The Kier molecular flexibility index (Phi) is 6.06. The van der Waals surface area contributed by atoms with Crippen LogP contribution in [0.25, 0.3) is 0 Å². The molecule has 0 fully saturated rings. The van der Waals surface area contributed by atoms with Gasteiger partial charge in [-0.15, -0.1) is 0 Å². The summed E-state index contributed by atoms with van der Waals surface area (Å²) in [5.41, 5.74) is 3.14. The summed E-state index contributed by atoms with van der Waals surface area (Å²) in [7, 11) is 3.15. The fourth-order valence-electron chi connectivity index (χ4n) is 2.55. The van der Waals surface area contributed by atoms with Gasteiger partial charge in [-0.3, -0.25) is 4.79 Å². The standard InChI is InChI=1S/C21H22N4O3/c1-14-4-6-15(7-5-14)13-23-20(26)18-10-11-22-21(25-18)24-17-9-8-16(27-2)12-19(17)28-3/h4-12H,13H2,1-3H3,(H,23,26)(H,22,24,25). The first-order valence-electron chi connectivity index (χ1n) is 8.75. The molecule has 28 heavy (non-hydrogen) atoms. The minimum absolute atomic E-state index is 0.271. The van der Waals surface area contributed by atoms with E-state index in [4.69, 9.17) is 9.47 Å². The largest absolute Gasteiger partial charge is 0.497 e. The van der Waals surface area contributed by atoms with Crippen LogP contribution < -0.4 is 20.1 Å². The fraction of sp³-hybridized carbons (Fsp3) is 0.190. The van der Waals surface area contributed by atoms with Crippen molar-refractivity contribution < 1.29 is 14.3 Å². The quantitative estimate of drug-likeness (QED) is 0.655. The van der Waals surface area contributed by atoms with Crippen molar-refractivity contribution in [3.8, 4) is 11.5 Å². The summed E-state index contributed by atoms with van der Waals surface area (Å²) in [6.45, 7) is 2.45. The molecule has 3 aromatic rings. The van der Waals surface area contributed by atoms with Crippen LogP contribution >= 0.6 is 0 Å². The van der Waals surface area contributed by atoms with E-state index in [1.807, 2.05) is 31.2 Å². The van der Waals surface area contributed by atoms with Gasteiger partial charge in [0.25, 0.3) is 5.91 Å². The molecule has 7 nitrogen and oxygen atoms in total. The number of hydrogen-bond donors (Lipinski definition) is 2. The Morgan fingerprint density at radius 2 is 1.82 bits per heavy atom. The van der Waals surface area contributed by atoms with Crippen LogP contribution in [0.5, 0.6) is 11.5 Å². The number of nitrogens with one attached hydrogen (secondary N) is 2. The fourth-order valence-corrected chi connectivity index (χ4v) is 2.55. The lowest BCUT2D eigenvalue weighted by molar-refractivity contribution is 0.0946. The molecule has 1 amide bonds. The number of carbonyl (C=O) groups excluding carboxylic acids is 1. The zero-order valence-electron chi connectivity index (χ0n) is 16.0. The number of methoxy groups -OCH3 is 2. The van der Waals surface area contributed by atoms with Crippen LogP contribution in [0, 0.1) is 6.92 Å². The average molecular weight is 378 g/mol. The lowest BCUT2D eigenvalue weighted by Crippen LogP contribution is -2.24. The number of amides is 1. The van der Waals surface area contributed by atoms with E-state index in [0.717, 1.165) is 5.56 Å². The van der Waals surface area contributed by atoms with Crippen molar-refractivity contribution in [3.63, 3.8) is 0 Å². The predicted molar refractivity (Wildman–Crippen MR) is 107 cm³/mol. The summed E-state index contributed by atoms with van der Waals surface area (Å²) in [4.78, 5) is 20.9. The number of hydrogen-bond acceptors (Lipinski definition) is 6.